The molecular weight excluding hydrogens is 432 g/mol. The minimum absolute atomic E-state index is 0.106. The van der Waals surface area contributed by atoms with Crippen LogP contribution in [0.15, 0.2) is 40.3 Å². The van der Waals surface area contributed by atoms with Crippen LogP contribution in [0.25, 0.3) is 10.2 Å². The number of ether oxygens (including phenoxy) is 1. The molecule has 31 heavy (non-hydrogen) atoms. The summed E-state index contributed by atoms with van der Waals surface area (Å²) in [6, 6.07) is 11.4. The van der Waals surface area contributed by atoms with Crippen molar-refractivity contribution >= 4 is 44.9 Å². The van der Waals surface area contributed by atoms with Crippen molar-refractivity contribution in [2.45, 2.75) is 32.0 Å². The van der Waals surface area contributed by atoms with Crippen LogP contribution in [-0.4, -0.2) is 41.5 Å². The highest BCUT2D eigenvalue weighted by molar-refractivity contribution is 7.99. The lowest BCUT2D eigenvalue weighted by atomic mass is 10.2. The number of benzene rings is 1. The Balaban J connectivity index is 1.90. The molecule has 3 aromatic rings. The van der Waals surface area contributed by atoms with Gasteiger partial charge in [-0.3, -0.25) is 14.2 Å². The second-order valence-electron chi connectivity index (χ2n) is 6.89. The first-order valence-corrected chi connectivity index (χ1v) is 11.6. The van der Waals surface area contributed by atoms with Crippen molar-refractivity contribution in [3.63, 3.8) is 0 Å². The number of carbonyl (C=O) groups is 1. The van der Waals surface area contributed by atoms with Crippen molar-refractivity contribution in [2.75, 3.05) is 30.9 Å². The largest absolute Gasteiger partial charge is 0.383 e. The van der Waals surface area contributed by atoms with Crippen molar-refractivity contribution in [2.24, 2.45) is 0 Å². The van der Waals surface area contributed by atoms with Crippen LogP contribution in [0.5, 0.6) is 0 Å². The summed E-state index contributed by atoms with van der Waals surface area (Å²) in [6.45, 7) is 4.95. The van der Waals surface area contributed by atoms with Gasteiger partial charge in [-0.1, -0.05) is 30.0 Å². The first kappa shape index (κ1) is 23.0. The van der Waals surface area contributed by atoms with E-state index in [2.05, 4.69) is 6.07 Å². The Morgan fingerprint density at radius 1 is 1.32 bits per heavy atom. The molecule has 0 atom stereocenters. The molecule has 0 radical (unpaired) electrons. The second-order valence-corrected chi connectivity index (χ2v) is 9.03. The van der Waals surface area contributed by atoms with E-state index in [9.17, 15) is 9.59 Å². The highest BCUT2D eigenvalue weighted by Gasteiger charge is 2.20. The summed E-state index contributed by atoms with van der Waals surface area (Å²) in [5, 5.41) is 10.1. The minimum Gasteiger partial charge on any atom is -0.383 e. The van der Waals surface area contributed by atoms with Gasteiger partial charge in [0.15, 0.2) is 5.16 Å². The first-order chi connectivity index (χ1) is 15.0. The van der Waals surface area contributed by atoms with Gasteiger partial charge in [0.2, 0.25) is 5.91 Å². The number of hydrogen-bond acceptors (Lipinski definition) is 7. The molecule has 0 saturated carbocycles. The van der Waals surface area contributed by atoms with Crippen molar-refractivity contribution in [3.8, 4) is 6.07 Å². The molecule has 0 aliphatic rings. The number of anilines is 1. The fourth-order valence-corrected chi connectivity index (χ4v) is 5.14. The third-order valence-electron chi connectivity index (χ3n) is 4.91. The molecule has 0 bridgehead atoms. The van der Waals surface area contributed by atoms with Gasteiger partial charge in [0, 0.05) is 24.2 Å². The van der Waals surface area contributed by atoms with Gasteiger partial charge < -0.3 is 9.64 Å². The van der Waals surface area contributed by atoms with Gasteiger partial charge in [-0.25, -0.2) is 4.98 Å². The number of nitriles is 1. The third kappa shape index (κ3) is 5.15. The van der Waals surface area contributed by atoms with E-state index in [4.69, 9.17) is 15.0 Å². The number of thioether (sulfide) groups is 1. The molecule has 0 aliphatic carbocycles. The number of aromatic nitrogens is 2. The molecule has 7 nitrogen and oxygen atoms in total. The fraction of sp³-hybridized carbons (Fsp3) is 0.364. The quantitative estimate of drug-likeness (QED) is 0.360. The second kappa shape index (κ2) is 10.6. The molecular formula is C22H24N4O3S2. The molecule has 0 aliphatic heterocycles. The lowest BCUT2D eigenvalue weighted by molar-refractivity contribution is -0.116. The summed E-state index contributed by atoms with van der Waals surface area (Å²) in [7, 11) is 1.58. The van der Waals surface area contributed by atoms with Crippen molar-refractivity contribution in [1.82, 2.24) is 9.55 Å². The van der Waals surface area contributed by atoms with E-state index in [1.54, 1.807) is 16.6 Å². The van der Waals surface area contributed by atoms with Crippen LogP contribution >= 0.6 is 23.1 Å². The molecule has 1 amide bonds. The molecule has 1 aromatic carbocycles. The summed E-state index contributed by atoms with van der Waals surface area (Å²) >= 11 is 2.72. The van der Waals surface area contributed by atoms with E-state index in [1.165, 1.54) is 23.1 Å². The number of carbonyl (C=O) groups excluding carboxylic acids is 1. The smallest absolute Gasteiger partial charge is 0.263 e. The standard InChI is InChI=1S/C22H24N4O3S2/c1-15-16(2)31-20-19(15)21(28)26(12-13-29-3)22(24-20)30-14-18(27)25(11-7-10-23)17-8-5-4-6-9-17/h4-6,8-9H,7,11-14H2,1-3H3. The van der Waals surface area contributed by atoms with Gasteiger partial charge in [-0.15, -0.1) is 11.3 Å². The van der Waals surface area contributed by atoms with Crippen molar-refractivity contribution in [3.05, 3.63) is 51.1 Å². The lowest BCUT2D eigenvalue weighted by Crippen LogP contribution is -2.33. The van der Waals surface area contributed by atoms with Crippen LogP contribution in [0.4, 0.5) is 5.69 Å². The SMILES string of the molecule is COCCn1c(SCC(=O)N(CCC#N)c2ccccc2)nc2sc(C)c(C)c2c1=O. The zero-order valence-electron chi connectivity index (χ0n) is 17.8. The van der Waals surface area contributed by atoms with Crippen LogP contribution in [0, 0.1) is 25.2 Å². The highest BCUT2D eigenvalue weighted by atomic mass is 32.2. The number of para-hydroxylation sites is 1. The van der Waals surface area contributed by atoms with Gasteiger partial charge in [0.25, 0.3) is 5.56 Å². The number of fused-ring (bicyclic) bond motifs is 1. The predicted molar refractivity (Wildman–Crippen MR) is 125 cm³/mol. The van der Waals surface area contributed by atoms with Crippen molar-refractivity contribution < 1.29 is 9.53 Å². The summed E-state index contributed by atoms with van der Waals surface area (Å²) in [6.07, 6.45) is 0.238. The van der Waals surface area contributed by atoms with Gasteiger partial charge in [-0.2, -0.15) is 5.26 Å². The van der Waals surface area contributed by atoms with Gasteiger partial charge in [-0.05, 0) is 31.5 Å². The average molecular weight is 457 g/mol. The molecule has 0 unspecified atom stereocenters. The van der Waals surface area contributed by atoms with Crippen molar-refractivity contribution in [1.29, 1.82) is 5.26 Å². The van der Waals surface area contributed by atoms with Gasteiger partial charge in [0.05, 0.1) is 36.8 Å². The Morgan fingerprint density at radius 2 is 2.06 bits per heavy atom. The number of nitrogens with zero attached hydrogens (tertiary/aromatic N) is 4. The van der Waals surface area contributed by atoms with Crippen LogP contribution < -0.4 is 10.5 Å². The number of thiophene rings is 1. The van der Waals surface area contributed by atoms with Crippen LogP contribution in [0.2, 0.25) is 0 Å². The molecule has 2 aromatic heterocycles. The molecule has 9 heteroatoms. The lowest BCUT2D eigenvalue weighted by Gasteiger charge is -2.22. The van der Waals surface area contributed by atoms with Crippen LogP contribution in [0.3, 0.4) is 0 Å². The number of aryl methyl sites for hydroxylation is 2. The Kier molecular flexibility index (Phi) is 7.85. The monoisotopic (exact) mass is 456 g/mol. The fourth-order valence-electron chi connectivity index (χ4n) is 3.17. The van der Waals surface area contributed by atoms with E-state index >= 15 is 0 Å². The van der Waals surface area contributed by atoms with E-state index in [-0.39, 0.29) is 23.6 Å². The number of hydrogen-bond donors (Lipinski definition) is 0. The van der Waals surface area contributed by atoms with Gasteiger partial charge in [0.1, 0.15) is 4.83 Å². The maximum Gasteiger partial charge on any atom is 0.263 e. The van der Waals surface area contributed by atoms with E-state index in [1.807, 2.05) is 44.2 Å². The Hall–Kier alpha value is -2.67. The molecule has 162 valence electrons. The number of amides is 1. The van der Waals surface area contributed by atoms with Crippen LogP contribution in [-0.2, 0) is 16.1 Å². The number of methoxy groups -OCH3 is 1. The van der Waals surface area contributed by atoms with E-state index in [0.29, 0.717) is 35.1 Å². The molecule has 0 fully saturated rings. The zero-order chi connectivity index (χ0) is 22.4. The Bertz CT molecular complexity index is 1170. The summed E-state index contributed by atoms with van der Waals surface area (Å²) in [5.74, 6) is -0.0353. The van der Waals surface area contributed by atoms with E-state index < -0.39 is 0 Å². The third-order valence-corrected chi connectivity index (χ3v) is 6.98. The average Bonchev–Trinajstić information content (AvgIpc) is 3.06. The summed E-state index contributed by atoms with van der Waals surface area (Å²) in [5.41, 5.74) is 1.58. The Labute approximate surface area is 189 Å². The topological polar surface area (TPSA) is 88.2 Å². The minimum atomic E-state index is -0.141. The predicted octanol–water partition coefficient (Wildman–Crippen LogP) is 3.76. The molecule has 3 rings (SSSR count). The maximum absolute atomic E-state index is 13.2. The van der Waals surface area contributed by atoms with E-state index in [0.717, 1.165) is 16.1 Å². The molecule has 0 spiro atoms. The first-order valence-electron chi connectivity index (χ1n) is 9.82. The molecule has 0 N–H and O–H groups in total. The highest BCUT2D eigenvalue weighted by Crippen LogP contribution is 2.28. The molecule has 0 saturated heterocycles. The normalized spacial score (nSPS) is 10.9. The number of rotatable bonds is 9. The zero-order valence-corrected chi connectivity index (χ0v) is 19.4. The summed E-state index contributed by atoms with van der Waals surface area (Å²) < 4.78 is 6.76. The van der Waals surface area contributed by atoms with Crippen LogP contribution in [0.1, 0.15) is 16.9 Å². The van der Waals surface area contributed by atoms with Gasteiger partial charge >= 0.3 is 0 Å². The molecule has 2 heterocycles. The Morgan fingerprint density at radius 3 is 2.74 bits per heavy atom. The summed E-state index contributed by atoms with van der Waals surface area (Å²) in [4.78, 5) is 34.2. The maximum atomic E-state index is 13.2.